The van der Waals surface area contributed by atoms with E-state index in [1.54, 1.807) is 0 Å². The van der Waals surface area contributed by atoms with E-state index < -0.39 is 11.8 Å². The Hall–Kier alpha value is -1.17. The fourth-order valence-electron chi connectivity index (χ4n) is 1.30. The molecule has 0 unspecified atom stereocenters. The summed E-state index contributed by atoms with van der Waals surface area (Å²) in [5.41, 5.74) is 0.514. The average Bonchev–Trinajstić information content (AvgIpc) is 2.70. The number of nitrogens with zero attached hydrogens (tertiary/aromatic N) is 1. The summed E-state index contributed by atoms with van der Waals surface area (Å²) in [7, 11) is 1.25. The fourth-order valence-corrected chi connectivity index (χ4v) is 2.85. The molecular formula is C11H6Cl2FNO2S. The minimum Gasteiger partial charge on any atom is -0.465 e. The predicted molar refractivity (Wildman–Crippen MR) is 68.9 cm³/mol. The highest BCUT2D eigenvalue weighted by molar-refractivity contribution is 7.17. The van der Waals surface area contributed by atoms with Crippen molar-refractivity contribution in [2.45, 2.75) is 0 Å². The van der Waals surface area contributed by atoms with Crippen LogP contribution in [0.5, 0.6) is 0 Å². The molecule has 0 fully saturated rings. The molecule has 0 aliphatic rings. The van der Waals surface area contributed by atoms with Crippen molar-refractivity contribution in [3.63, 3.8) is 0 Å². The maximum absolute atomic E-state index is 12.9. The predicted octanol–water partition coefficient (Wildman–Crippen LogP) is 4.04. The van der Waals surface area contributed by atoms with E-state index in [0.29, 0.717) is 10.6 Å². The molecule has 0 atom stereocenters. The third kappa shape index (κ3) is 2.48. The lowest BCUT2D eigenvalue weighted by molar-refractivity contribution is 0.0606. The monoisotopic (exact) mass is 305 g/mol. The number of carbonyl (C=O) groups excluding carboxylic acids is 1. The molecule has 0 saturated heterocycles. The Labute approximate surface area is 116 Å². The average molecular weight is 306 g/mol. The summed E-state index contributed by atoms with van der Waals surface area (Å²) in [5.74, 6) is -1.01. The van der Waals surface area contributed by atoms with Gasteiger partial charge in [0.15, 0.2) is 10.0 Å². The van der Waals surface area contributed by atoms with Crippen LogP contribution in [0, 0.1) is 5.82 Å². The third-order valence-electron chi connectivity index (χ3n) is 2.12. The Kier molecular flexibility index (Phi) is 3.85. The van der Waals surface area contributed by atoms with Crippen LogP contribution in [-0.4, -0.2) is 18.1 Å². The van der Waals surface area contributed by atoms with Crippen LogP contribution < -0.4 is 0 Å². The molecule has 7 heteroatoms. The van der Waals surface area contributed by atoms with Gasteiger partial charge in [-0.05, 0) is 18.2 Å². The quantitative estimate of drug-likeness (QED) is 0.786. The molecule has 2 aromatic rings. The van der Waals surface area contributed by atoms with E-state index in [1.165, 1.54) is 25.3 Å². The van der Waals surface area contributed by atoms with Crippen LogP contribution >= 0.6 is 34.5 Å². The molecule has 0 bridgehead atoms. The molecule has 1 aromatic heterocycles. The number of hydrogen-bond donors (Lipinski definition) is 0. The molecular weight excluding hydrogens is 300 g/mol. The van der Waals surface area contributed by atoms with Gasteiger partial charge in [-0.3, -0.25) is 0 Å². The first-order valence-electron chi connectivity index (χ1n) is 4.73. The summed E-state index contributed by atoms with van der Waals surface area (Å²) < 4.78 is 17.5. The highest BCUT2D eigenvalue weighted by Gasteiger charge is 2.19. The number of ether oxygens (including phenoxy) is 1. The second kappa shape index (κ2) is 5.22. The fraction of sp³-hybridized carbons (Fsp3) is 0.0909. The lowest BCUT2D eigenvalue weighted by Crippen LogP contribution is -1.98. The van der Waals surface area contributed by atoms with Gasteiger partial charge in [-0.25, -0.2) is 14.2 Å². The summed E-state index contributed by atoms with van der Waals surface area (Å²) in [6.07, 6.45) is 0. The SMILES string of the molecule is COC(=O)c1sc(-c2ccc(F)cc2Cl)nc1Cl. The van der Waals surface area contributed by atoms with Crippen molar-refractivity contribution in [2.75, 3.05) is 7.11 Å². The van der Waals surface area contributed by atoms with Crippen LogP contribution in [0.2, 0.25) is 10.2 Å². The van der Waals surface area contributed by atoms with E-state index in [4.69, 9.17) is 23.2 Å². The first kappa shape index (κ1) is 13.3. The number of aromatic nitrogens is 1. The number of carbonyl (C=O) groups is 1. The van der Waals surface area contributed by atoms with E-state index in [0.717, 1.165) is 11.3 Å². The zero-order valence-electron chi connectivity index (χ0n) is 9.04. The smallest absolute Gasteiger partial charge is 0.351 e. The number of esters is 1. The molecule has 0 amide bonds. The Bertz CT molecular complexity index is 615. The Morgan fingerprint density at radius 1 is 1.44 bits per heavy atom. The van der Waals surface area contributed by atoms with E-state index in [9.17, 15) is 9.18 Å². The molecule has 2 rings (SSSR count). The topological polar surface area (TPSA) is 39.2 Å². The number of hydrogen-bond acceptors (Lipinski definition) is 4. The van der Waals surface area contributed by atoms with Gasteiger partial charge in [0, 0.05) is 5.56 Å². The summed E-state index contributed by atoms with van der Waals surface area (Å²) in [5, 5.41) is 0.685. The normalized spacial score (nSPS) is 10.4. The highest BCUT2D eigenvalue weighted by atomic mass is 35.5. The van der Waals surface area contributed by atoms with Crippen molar-refractivity contribution in [1.82, 2.24) is 4.98 Å². The van der Waals surface area contributed by atoms with Crippen LogP contribution in [0.3, 0.4) is 0 Å². The molecule has 0 spiro atoms. The summed E-state index contributed by atoms with van der Waals surface area (Å²) >= 11 is 12.8. The standard InChI is InChI=1S/C11H6Cl2FNO2S/c1-17-11(16)8-9(13)15-10(18-8)6-3-2-5(14)4-7(6)12/h2-4H,1H3. The van der Waals surface area contributed by atoms with Gasteiger partial charge in [0.05, 0.1) is 12.1 Å². The largest absolute Gasteiger partial charge is 0.465 e. The van der Waals surface area contributed by atoms with Crippen molar-refractivity contribution < 1.29 is 13.9 Å². The number of thiazole rings is 1. The van der Waals surface area contributed by atoms with Crippen LogP contribution in [0.1, 0.15) is 9.67 Å². The van der Waals surface area contributed by atoms with Gasteiger partial charge in [0.25, 0.3) is 0 Å². The molecule has 18 heavy (non-hydrogen) atoms. The lowest BCUT2D eigenvalue weighted by atomic mass is 10.2. The molecule has 94 valence electrons. The van der Waals surface area contributed by atoms with Gasteiger partial charge in [0.2, 0.25) is 0 Å². The van der Waals surface area contributed by atoms with Crippen LogP contribution in [-0.2, 0) is 4.74 Å². The maximum atomic E-state index is 12.9. The van der Waals surface area contributed by atoms with Gasteiger partial charge >= 0.3 is 5.97 Å². The van der Waals surface area contributed by atoms with Crippen LogP contribution in [0.4, 0.5) is 4.39 Å². The zero-order valence-corrected chi connectivity index (χ0v) is 11.4. The molecule has 0 aliphatic carbocycles. The minimum absolute atomic E-state index is 0.0437. The van der Waals surface area contributed by atoms with Crippen molar-refractivity contribution >= 4 is 40.5 Å². The first-order chi connectivity index (χ1) is 8.52. The second-order valence-corrected chi connectivity index (χ2v) is 5.02. The van der Waals surface area contributed by atoms with E-state index in [1.807, 2.05) is 0 Å². The molecule has 0 aliphatic heterocycles. The van der Waals surface area contributed by atoms with Gasteiger partial charge in [-0.1, -0.05) is 23.2 Å². The van der Waals surface area contributed by atoms with Crippen molar-refractivity contribution in [1.29, 1.82) is 0 Å². The number of benzene rings is 1. The van der Waals surface area contributed by atoms with Gasteiger partial charge in [0.1, 0.15) is 10.8 Å². The Balaban J connectivity index is 2.49. The molecule has 0 radical (unpaired) electrons. The summed E-state index contributed by atoms with van der Waals surface area (Å²) in [4.78, 5) is 15.6. The Morgan fingerprint density at radius 3 is 2.78 bits per heavy atom. The van der Waals surface area contributed by atoms with E-state index >= 15 is 0 Å². The van der Waals surface area contributed by atoms with Gasteiger partial charge < -0.3 is 4.74 Å². The lowest BCUT2D eigenvalue weighted by Gasteiger charge is -1.99. The van der Waals surface area contributed by atoms with Crippen molar-refractivity contribution in [3.05, 3.63) is 39.1 Å². The minimum atomic E-state index is -0.568. The number of rotatable bonds is 2. The summed E-state index contributed by atoms with van der Waals surface area (Å²) in [6, 6.07) is 3.91. The molecule has 3 nitrogen and oxygen atoms in total. The van der Waals surface area contributed by atoms with Crippen LogP contribution in [0.25, 0.3) is 10.6 Å². The van der Waals surface area contributed by atoms with E-state index in [2.05, 4.69) is 9.72 Å². The Morgan fingerprint density at radius 2 is 2.17 bits per heavy atom. The maximum Gasteiger partial charge on any atom is 0.351 e. The van der Waals surface area contributed by atoms with Crippen molar-refractivity contribution in [3.8, 4) is 10.6 Å². The molecule has 1 aromatic carbocycles. The molecule has 0 saturated carbocycles. The first-order valence-corrected chi connectivity index (χ1v) is 6.30. The number of methoxy groups -OCH3 is 1. The zero-order chi connectivity index (χ0) is 13.3. The second-order valence-electron chi connectivity index (χ2n) is 3.25. The van der Waals surface area contributed by atoms with Gasteiger partial charge in [-0.2, -0.15) is 0 Å². The summed E-state index contributed by atoms with van der Waals surface area (Å²) in [6.45, 7) is 0. The third-order valence-corrected chi connectivity index (χ3v) is 3.89. The van der Waals surface area contributed by atoms with Gasteiger partial charge in [-0.15, -0.1) is 11.3 Å². The molecule has 0 N–H and O–H groups in total. The van der Waals surface area contributed by atoms with Crippen LogP contribution in [0.15, 0.2) is 18.2 Å². The van der Waals surface area contributed by atoms with E-state index in [-0.39, 0.29) is 15.1 Å². The van der Waals surface area contributed by atoms with Crippen molar-refractivity contribution in [2.24, 2.45) is 0 Å². The number of halogens is 3. The molecule has 1 heterocycles. The highest BCUT2D eigenvalue weighted by Crippen LogP contribution is 2.35.